The van der Waals surface area contributed by atoms with Crippen LogP contribution in [0.4, 0.5) is 0 Å². The third kappa shape index (κ3) is 5.78. The van der Waals surface area contributed by atoms with Gasteiger partial charge in [-0.2, -0.15) is 5.21 Å². The van der Waals surface area contributed by atoms with Crippen molar-refractivity contribution in [3.05, 3.63) is 101 Å². The highest BCUT2D eigenvalue weighted by Crippen LogP contribution is 2.32. The van der Waals surface area contributed by atoms with Crippen molar-refractivity contribution in [2.45, 2.75) is 37.5 Å². The first-order valence-corrected chi connectivity index (χ1v) is 14.0. The standard InChI is InChI=1S/C28H26N6O4S/c1-2-3-14-25-24(26(38-31-25)28(35)32-39(36,37)21-12-8-5-9-13-21)18-19-15-16-22(20-10-6-4-7-11-20)23(17-19)27-29-33-34-30-27/h4-13,15-17H,2-3,14,18H2,1H3,(H,32,35)(H,29,30,33,34). The second-order valence-corrected chi connectivity index (χ2v) is 10.6. The number of hydrogen-bond donors (Lipinski definition) is 2. The van der Waals surface area contributed by atoms with Crippen LogP contribution in [0.3, 0.4) is 0 Å². The summed E-state index contributed by atoms with van der Waals surface area (Å²) in [7, 11) is -4.09. The highest BCUT2D eigenvalue weighted by molar-refractivity contribution is 7.90. The summed E-state index contributed by atoms with van der Waals surface area (Å²) in [5, 5.41) is 18.7. The zero-order chi connectivity index (χ0) is 27.2. The van der Waals surface area contributed by atoms with Gasteiger partial charge in [0.1, 0.15) is 0 Å². The largest absolute Gasteiger partial charge is 0.350 e. The molecule has 11 heteroatoms. The number of aromatic nitrogens is 5. The molecule has 2 aromatic heterocycles. The maximum absolute atomic E-state index is 13.2. The quantitative estimate of drug-likeness (QED) is 0.261. The molecular weight excluding hydrogens is 516 g/mol. The number of aryl methyl sites for hydroxylation is 1. The van der Waals surface area contributed by atoms with Crippen molar-refractivity contribution in [2.24, 2.45) is 0 Å². The number of aromatic amines is 1. The zero-order valence-corrected chi connectivity index (χ0v) is 22.0. The highest BCUT2D eigenvalue weighted by atomic mass is 32.2. The first-order valence-electron chi connectivity index (χ1n) is 12.5. The molecule has 5 rings (SSSR count). The Labute approximate surface area is 225 Å². The minimum atomic E-state index is -4.09. The molecule has 5 aromatic rings. The summed E-state index contributed by atoms with van der Waals surface area (Å²) in [4.78, 5) is 13.1. The predicted molar refractivity (Wildman–Crippen MR) is 144 cm³/mol. The van der Waals surface area contributed by atoms with E-state index in [1.165, 1.54) is 12.1 Å². The molecule has 0 saturated heterocycles. The summed E-state index contributed by atoms with van der Waals surface area (Å²) < 4.78 is 33.1. The molecule has 0 saturated carbocycles. The van der Waals surface area contributed by atoms with Crippen molar-refractivity contribution in [3.63, 3.8) is 0 Å². The Hall–Kier alpha value is -4.64. The van der Waals surface area contributed by atoms with Gasteiger partial charge in [0.2, 0.25) is 11.6 Å². The van der Waals surface area contributed by atoms with Crippen LogP contribution in [0.5, 0.6) is 0 Å². The van der Waals surface area contributed by atoms with Gasteiger partial charge in [0.05, 0.1) is 10.6 Å². The Morgan fingerprint density at radius 3 is 2.41 bits per heavy atom. The monoisotopic (exact) mass is 542 g/mol. The molecule has 0 bridgehead atoms. The van der Waals surface area contributed by atoms with Crippen molar-refractivity contribution in [1.82, 2.24) is 30.5 Å². The number of carbonyl (C=O) groups excluding carboxylic acids is 1. The van der Waals surface area contributed by atoms with E-state index in [1.54, 1.807) is 18.2 Å². The lowest BCUT2D eigenvalue weighted by atomic mass is 9.93. The fourth-order valence-electron chi connectivity index (χ4n) is 4.31. The molecule has 39 heavy (non-hydrogen) atoms. The van der Waals surface area contributed by atoms with E-state index in [0.29, 0.717) is 23.5 Å². The molecule has 1 amide bonds. The Kier molecular flexibility index (Phi) is 7.60. The molecule has 10 nitrogen and oxygen atoms in total. The van der Waals surface area contributed by atoms with Crippen molar-refractivity contribution in [3.8, 4) is 22.5 Å². The van der Waals surface area contributed by atoms with Gasteiger partial charge in [-0.15, -0.1) is 10.2 Å². The van der Waals surface area contributed by atoms with Crippen molar-refractivity contribution < 1.29 is 17.7 Å². The first-order chi connectivity index (χ1) is 19.0. The molecule has 2 heterocycles. The SMILES string of the molecule is CCCCc1noc(C(=O)NS(=O)(=O)c2ccccc2)c1Cc1ccc(-c2ccccc2)c(-c2nn[nH]n2)c1. The van der Waals surface area contributed by atoms with E-state index >= 15 is 0 Å². The van der Waals surface area contributed by atoms with Crippen LogP contribution in [0.1, 0.15) is 47.1 Å². The minimum Gasteiger partial charge on any atom is -0.350 e. The number of amides is 1. The normalized spacial score (nSPS) is 11.4. The third-order valence-corrected chi connectivity index (χ3v) is 7.61. The smallest absolute Gasteiger partial charge is 0.303 e. The van der Waals surface area contributed by atoms with Gasteiger partial charge in [0.15, 0.2) is 0 Å². The number of rotatable bonds is 10. The molecule has 0 spiro atoms. The minimum absolute atomic E-state index is 0.0214. The summed E-state index contributed by atoms with van der Waals surface area (Å²) >= 11 is 0. The van der Waals surface area contributed by atoms with Crippen LogP contribution in [0.25, 0.3) is 22.5 Å². The van der Waals surface area contributed by atoms with E-state index in [0.717, 1.165) is 35.1 Å². The number of tetrazole rings is 1. The number of sulfonamides is 1. The summed E-state index contributed by atoms with van der Waals surface area (Å²) in [5.74, 6) is -0.573. The number of hydrogen-bond acceptors (Lipinski definition) is 8. The lowest BCUT2D eigenvalue weighted by Crippen LogP contribution is -2.31. The van der Waals surface area contributed by atoms with E-state index < -0.39 is 15.9 Å². The van der Waals surface area contributed by atoms with Crippen LogP contribution in [0.15, 0.2) is 88.3 Å². The number of benzene rings is 3. The van der Waals surface area contributed by atoms with Crippen LogP contribution >= 0.6 is 0 Å². The summed E-state index contributed by atoms with van der Waals surface area (Å²) in [6.07, 6.45) is 2.64. The molecule has 0 unspecified atom stereocenters. The van der Waals surface area contributed by atoms with E-state index in [4.69, 9.17) is 4.52 Å². The fourth-order valence-corrected chi connectivity index (χ4v) is 5.28. The number of nitrogens with zero attached hydrogens (tertiary/aromatic N) is 4. The summed E-state index contributed by atoms with van der Waals surface area (Å²) in [6, 6.07) is 23.4. The first kappa shape index (κ1) is 26.0. The zero-order valence-electron chi connectivity index (χ0n) is 21.2. The summed E-state index contributed by atoms with van der Waals surface area (Å²) in [5.41, 5.74) is 4.67. The Morgan fingerprint density at radius 2 is 1.72 bits per heavy atom. The van der Waals surface area contributed by atoms with E-state index in [-0.39, 0.29) is 17.1 Å². The second kappa shape index (κ2) is 11.4. The van der Waals surface area contributed by atoms with Gasteiger partial charge in [-0.1, -0.05) is 79.2 Å². The van der Waals surface area contributed by atoms with Crippen molar-refractivity contribution >= 4 is 15.9 Å². The molecule has 0 aliphatic rings. The molecule has 0 fully saturated rings. The van der Waals surface area contributed by atoms with Gasteiger partial charge in [0, 0.05) is 17.5 Å². The van der Waals surface area contributed by atoms with Gasteiger partial charge < -0.3 is 4.52 Å². The average Bonchev–Trinajstić information content (AvgIpc) is 3.63. The lowest BCUT2D eigenvalue weighted by molar-refractivity contribution is 0.0944. The number of nitrogens with one attached hydrogen (secondary N) is 2. The molecule has 3 aromatic carbocycles. The summed E-state index contributed by atoms with van der Waals surface area (Å²) in [6.45, 7) is 2.05. The average molecular weight is 543 g/mol. The molecule has 0 radical (unpaired) electrons. The van der Waals surface area contributed by atoms with Crippen molar-refractivity contribution in [2.75, 3.05) is 0 Å². The van der Waals surface area contributed by atoms with Crippen LogP contribution in [0, 0.1) is 0 Å². The molecule has 0 atom stereocenters. The molecule has 2 N–H and O–H groups in total. The topological polar surface area (TPSA) is 144 Å². The molecule has 0 aliphatic carbocycles. The van der Waals surface area contributed by atoms with Crippen LogP contribution in [-0.4, -0.2) is 40.1 Å². The van der Waals surface area contributed by atoms with Crippen LogP contribution < -0.4 is 4.72 Å². The number of H-pyrrole nitrogens is 1. The Bertz CT molecular complexity index is 1670. The Balaban J connectivity index is 1.51. The van der Waals surface area contributed by atoms with Gasteiger partial charge in [-0.25, -0.2) is 13.1 Å². The van der Waals surface area contributed by atoms with Gasteiger partial charge >= 0.3 is 5.91 Å². The van der Waals surface area contributed by atoms with Gasteiger partial charge in [-0.05, 0) is 52.9 Å². The number of unbranched alkanes of at least 4 members (excludes halogenated alkanes) is 1. The lowest BCUT2D eigenvalue weighted by Gasteiger charge is -2.11. The molecule has 198 valence electrons. The predicted octanol–water partition coefficient (Wildman–Crippen LogP) is 4.57. The van der Waals surface area contributed by atoms with Crippen molar-refractivity contribution in [1.29, 1.82) is 0 Å². The maximum atomic E-state index is 13.2. The highest BCUT2D eigenvalue weighted by Gasteiger charge is 2.27. The third-order valence-electron chi connectivity index (χ3n) is 6.26. The van der Waals surface area contributed by atoms with E-state index in [9.17, 15) is 13.2 Å². The van der Waals surface area contributed by atoms with E-state index in [2.05, 4.69) is 37.4 Å². The number of carbonyl (C=O) groups is 1. The van der Waals surface area contributed by atoms with Gasteiger partial charge in [-0.3, -0.25) is 4.79 Å². The van der Waals surface area contributed by atoms with Crippen LogP contribution in [-0.2, 0) is 22.9 Å². The maximum Gasteiger partial charge on any atom is 0.303 e. The fraction of sp³-hybridized carbons (Fsp3) is 0.179. The Morgan fingerprint density at radius 1 is 0.974 bits per heavy atom. The van der Waals surface area contributed by atoms with Gasteiger partial charge in [0.25, 0.3) is 10.0 Å². The second-order valence-electron chi connectivity index (χ2n) is 8.95. The van der Waals surface area contributed by atoms with E-state index in [1.807, 2.05) is 48.5 Å². The molecular formula is C28H26N6O4S. The molecule has 0 aliphatic heterocycles. The van der Waals surface area contributed by atoms with Crippen LogP contribution in [0.2, 0.25) is 0 Å².